The Morgan fingerprint density at radius 1 is 1.40 bits per heavy atom. The van der Waals surface area contributed by atoms with Gasteiger partial charge in [0.25, 0.3) is 0 Å². The summed E-state index contributed by atoms with van der Waals surface area (Å²) in [5.74, 6) is -0.173. The van der Waals surface area contributed by atoms with Gasteiger partial charge >= 0.3 is 0 Å². The molecular weight excluding hydrogens is 188 g/mol. The van der Waals surface area contributed by atoms with E-state index < -0.39 is 0 Å². The van der Waals surface area contributed by atoms with Gasteiger partial charge in [0.15, 0.2) is 0 Å². The Balaban J connectivity index is 2.03. The summed E-state index contributed by atoms with van der Waals surface area (Å²) in [5, 5.41) is 3.31. The number of hydrogen-bond donors (Lipinski definition) is 2. The highest BCUT2D eigenvalue weighted by molar-refractivity contribution is 5.90. The summed E-state index contributed by atoms with van der Waals surface area (Å²) in [6.07, 6.45) is 2.88. The lowest BCUT2D eigenvalue weighted by Gasteiger charge is -2.12. The van der Waals surface area contributed by atoms with Crippen molar-refractivity contribution >= 4 is 11.6 Å². The third-order valence-corrected chi connectivity index (χ3v) is 3.59. The molecule has 1 aromatic carbocycles. The number of rotatable bonds is 2. The molecule has 1 amide bonds. The lowest BCUT2D eigenvalue weighted by atomic mass is 9.93. The summed E-state index contributed by atoms with van der Waals surface area (Å²) in [6.45, 7) is 1.00. The molecule has 1 fully saturated rings. The molecule has 0 atom stereocenters. The highest BCUT2D eigenvalue weighted by atomic mass is 16.1. The molecule has 0 bridgehead atoms. The zero-order valence-corrected chi connectivity index (χ0v) is 8.55. The van der Waals surface area contributed by atoms with E-state index in [1.165, 1.54) is 11.3 Å². The summed E-state index contributed by atoms with van der Waals surface area (Å²) in [6, 6.07) is 6.25. The number of anilines is 1. The zero-order chi connectivity index (χ0) is 10.5. The maximum absolute atomic E-state index is 11.4. The Hall–Kier alpha value is -1.51. The molecule has 1 aliphatic heterocycles. The van der Waals surface area contributed by atoms with Crippen molar-refractivity contribution in [2.45, 2.75) is 24.7 Å². The molecule has 3 rings (SSSR count). The van der Waals surface area contributed by atoms with Gasteiger partial charge in [0.05, 0.1) is 5.41 Å². The number of primary amides is 1. The molecule has 1 saturated carbocycles. The van der Waals surface area contributed by atoms with E-state index in [0.717, 1.165) is 31.4 Å². The Morgan fingerprint density at radius 2 is 2.20 bits per heavy atom. The van der Waals surface area contributed by atoms with E-state index >= 15 is 0 Å². The van der Waals surface area contributed by atoms with Crippen molar-refractivity contribution in [1.29, 1.82) is 0 Å². The minimum Gasteiger partial charge on any atom is -0.384 e. The van der Waals surface area contributed by atoms with E-state index in [1.807, 2.05) is 6.07 Å². The minimum atomic E-state index is -0.336. The highest BCUT2D eigenvalue weighted by Crippen LogP contribution is 2.48. The third-order valence-electron chi connectivity index (χ3n) is 3.59. The van der Waals surface area contributed by atoms with Crippen molar-refractivity contribution in [2.24, 2.45) is 5.73 Å². The van der Waals surface area contributed by atoms with Crippen molar-refractivity contribution in [3.05, 3.63) is 29.3 Å². The van der Waals surface area contributed by atoms with Crippen LogP contribution in [0.3, 0.4) is 0 Å². The number of amides is 1. The van der Waals surface area contributed by atoms with E-state index in [0.29, 0.717) is 0 Å². The van der Waals surface area contributed by atoms with Crippen molar-refractivity contribution in [3.63, 3.8) is 0 Å². The molecule has 3 nitrogen and oxygen atoms in total. The highest BCUT2D eigenvalue weighted by Gasteiger charge is 2.50. The molecule has 1 aromatic rings. The van der Waals surface area contributed by atoms with E-state index in [9.17, 15) is 4.79 Å². The van der Waals surface area contributed by atoms with Crippen molar-refractivity contribution in [3.8, 4) is 0 Å². The predicted octanol–water partition coefficient (Wildman–Crippen LogP) is 1.17. The standard InChI is InChI=1S/C12H14N2O/c13-11(15)12(4-5-12)9-1-2-10-8(7-9)3-6-14-10/h1-2,7,14H,3-6H2,(H2,13,15). The van der Waals surface area contributed by atoms with Crippen LogP contribution >= 0.6 is 0 Å². The number of carbonyl (C=O) groups excluding carboxylic acids is 1. The molecular formula is C12H14N2O. The Kier molecular flexibility index (Phi) is 1.61. The molecule has 1 aliphatic carbocycles. The van der Waals surface area contributed by atoms with Crippen molar-refractivity contribution < 1.29 is 4.79 Å². The van der Waals surface area contributed by atoms with Gasteiger partial charge < -0.3 is 11.1 Å². The monoisotopic (exact) mass is 202 g/mol. The van der Waals surface area contributed by atoms with Crippen molar-refractivity contribution in [2.75, 3.05) is 11.9 Å². The fourth-order valence-electron chi connectivity index (χ4n) is 2.40. The number of fused-ring (bicyclic) bond motifs is 1. The summed E-state index contributed by atoms with van der Waals surface area (Å²) in [7, 11) is 0. The Morgan fingerprint density at radius 3 is 2.87 bits per heavy atom. The van der Waals surface area contributed by atoms with Crippen LogP contribution in [-0.2, 0) is 16.6 Å². The topological polar surface area (TPSA) is 55.1 Å². The average Bonchev–Trinajstić information content (AvgIpc) is 2.91. The maximum Gasteiger partial charge on any atom is 0.228 e. The van der Waals surface area contributed by atoms with Crippen LogP contribution in [0.4, 0.5) is 5.69 Å². The summed E-state index contributed by atoms with van der Waals surface area (Å²) < 4.78 is 0. The largest absolute Gasteiger partial charge is 0.384 e. The van der Waals surface area contributed by atoms with Gasteiger partial charge in [0.1, 0.15) is 0 Å². The van der Waals surface area contributed by atoms with Crippen LogP contribution in [0.1, 0.15) is 24.0 Å². The SMILES string of the molecule is NC(=O)C1(c2ccc3c(c2)CCN3)CC1. The molecule has 78 valence electrons. The number of hydrogen-bond acceptors (Lipinski definition) is 2. The van der Waals surface area contributed by atoms with Gasteiger partial charge in [0, 0.05) is 12.2 Å². The number of nitrogens with two attached hydrogens (primary N) is 1. The van der Waals surface area contributed by atoms with Crippen LogP contribution in [-0.4, -0.2) is 12.5 Å². The summed E-state index contributed by atoms with van der Waals surface area (Å²) >= 11 is 0. The zero-order valence-electron chi connectivity index (χ0n) is 8.55. The van der Waals surface area contributed by atoms with Crippen LogP contribution in [0, 0.1) is 0 Å². The molecule has 2 aliphatic rings. The number of benzene rings is 1. The van der Waals surface area contributed by atoms with Crippen molar-refractivity contribution in [1.82, 2.24) is 0 Å². The Bertz CT molecular complexity index is 435. The molecule has 0 aromatic heterocycles. The molecule has 1 heterocycles. The van der Waals surface area contributed by atoms with Crippen LogP contribution in [0.5, 0.6) is 0 Å². The first kappa shape index (κ1) is 8.77. The first-order valence-electron chi connectivity index (χ1n) is 5.40. The second-order valence-corrected chi connectivity index (χ2v) is 4.50. The number of nitrogens with one attached hydrogen (secondary N) is 1. The second-order valence-electron chi connectivity index (χ2n) is 4.50. The first-order valence-corrected chi connectivity index (χ1v) is 5.40. The van der Waals surface area contributed by atoms with Crippen LogP contribution in [0.15, 0.2) is 18.2 Å². The molecule has 0 spiro atoms. The smallest absolute Gasteiger partial charge is 0.228 e. The quantitative estimate of drug-likeness (QED) is 0.756. The van der Waals surface area contributed by atoms with Gasteiger partial charge in [-0.3, -0.25) is 4.79 Å². The Labute approximate surface area is 88.7 Å². The molecule has 15 heavy (non-hydrogen) atoms. The first-order chi connectivity index (χ1) is 7.22. The molecule has 3 heteroatoms. The van der Waals surface area contributed by atoms with Gasteiger partial charge in [-0.2, -0.15) is 0 Å². The third kappa shape index (κ3) is 1.16. The molecule has 0 saturated heterocycles. The summed E-state index contributed by atoms with van der Waals surface area (Å²) in [4.78, 5) is 11.4. The van der Waals surface area contributed by atoms with E-state index in [2.05, 4.69) is 17.4 Å². The van der Waals surface area contributed by atoms with Gasteiger partial charge in [-0.15, -0.1) is 0 Å². The van der Waals surface area contributed by atoms with Gasteiger partial charge in [-0.05, 0) is 36.5 Å². The predicted molar refractivity (Wildman–Crippen MR) is 58.7 cm³/mol. The fourth-order valence-corrected chi connectivity index (χ4v) is 2.40. The van der Waals surface area contributed by atoms with Gasteiger partial charge in [-0.1, -0.05) is 12.1 Å². The van der Waals surface area contributed by atoms with Crippen LogP contribution in [0.2, 0.25) is 0 Å². The normalized spacial score (nSPS) is 20.5. The van der Waals surface area contributed by atoms with E-state index in [-0.39, 0.29) is 11.3 Å². The van der Waals surface area contributed by atoms with E-state index in [4.69, 9.17) is 5.73 Å². The molecule has 3 N–H and O–H groups in total. The van der Waals surface area contributed by atoms with Gasteiger partial charge in [-0.25, -0.2) is 0 Å². The van der Waals surface area contributed by atoms with Crippen LogP contribution in [0.25, 0.3) is 0 Å². The number of carbonyl (C=O) groups is 1. The lowest BCUT2D eigenvalue weighted by molar-refractivity contribution is -0.120. The fraction of sp³-hybridized carbons (Fsp3) is 0.417. The summed E-state index contributed by atoms with van der Waals surface area (Å²) in [5.41, 5.74) is 8.76. The average molecular weight is 202 g/mol. The van der Waals surface area contributed by atoms with Gasteiger partial charge in [0.2, 0.25) is 5.91 Å². The molecule has 0 radical (unpaired) electrons. The minimum absolute atomic E-state index is 0.173. The van der Waals surface area contributed by atoms with Crippen LogP contribution < -0.4 is 11.1 Å². The van der Waals surface area contributed by atoms with E-state index in [1.54, 1.807) is 0 Å². The lowest BCUT2D eigenvalue weighted by Crippen LogP contribution is -2.28. The molecule has 0 unspecified atom stereocenters. The second kappa shape index (κ2) is 2.75. The maximum atomic E-state index is 11.4.